The summed E-state index contributed by atoms with van der Waals surface area (Å²) in [5.74, 6) is 0.956. The zero-order chi connectivity index (χ0) is 24.7. The molecule has 35 heavy (non-hydrogen) atoms. The fourth-order valence-electron chi connectivity index (χ4n) is 3.94. The zero-order valence-corrected chi connectivity index (χ0v) is 20.7. The number of rotatable bonds is 8. The van der Waals surface area contributed by atoms with Crippen LogP contribution in [0, 0.1) is 0 Å². The summed E-state index contributed by atoms with van der Waals surface area (Å²) in [4.78, 5) is 25.7. The summed E-state index contributed by atoms with van der Waals surface area (Å²) in [5, 5.41) is 5.70. The molecule has 0 bridgehead atoms. The lowest BCUT2D eigenvalue weighted by Crippen LogP contribution is -2.42. The Morgan fingerprint density at radius 1 is 1.00 bits per heavy atom. The maximum Gasteiger partial charge on any atom is 0.319 e. The molecular formula is C23H32N6O5S. The maximum atomic E-state index is 12.2. The van der Waals surface area contributed by atoms with E-state index in [1.165, 1.54) is 6.26 Å². The van der Waals surface area contributed by atoms with Gasteiger partial charge in [-0.25, -0.2) is 23.2 Å². The van der Waals surface area contributed by atoms with E-state index in [-0.39, 0.29) is 11.8 Å². The second kappa shape index (κ2) is 11.8. The van der Waals surface area contributed by atoms with Gasteiger partial charge in [-0.1, -0.05) is 0 Å². The van der Waals surface area contributed by atoms with Crippen LogP contribution in [0.5, 0.6) is 0 Å². The number of hydrogen-bond acceptors (Lipinski definition) is 9. The van der Waals surface area contributed by atoms with Gasteiger partial charge in [0.05, 0.1) is 37.9 Å². The highest BCUT2D eigenvalue weighted by Gasteiger charge is 2.18. The van der Waals surface area contributed by atoms with Gasteiger partial charge in [-0.3, -0.25) is 4.90 Å². The molecule has 0 saturated carbocycles. The molecule has 0 unspecified atom stereocenters. The molecule has 1 aromatic carbocycles. The van der Waals surface area contributed by atoms with Crippen molar-refractivity contribution in [2.24, 2.45) is 0 Å². The van der Waals surface area contributed by atoms with Crippen LogP contribution in [-0.4, -0.2) is 101 Å². The Kier molecular flexibility index (Phi) is 8.50. The summed E-state index contributed by atoms with van der Waals surface area (Å²) in [5.41, 5.74) is 1.81. The lowest BCUT2D eigenvalue weighted by atomic mass is 10.2. The molecule has 0 radical (unpaired) electrons. The molecule has 2 fully saturated rings. The summed E-state index contributed by atoms with van der Waals surface area (Å²) < 4.78 is 34.5. The van der Waals surface area contributed by atoms with E-state index in [2.05, 4.69) is 30.4 Å². The summed E-state index contributed by atoms with van der Waals surface area (Å²) in [7, 11) is -3.26. The average Bonchev–Trinajstić information content (AvgIpc) is 2.84. The van der Waals surface area contributed by atoms with Crippen LogP contribution in [0.15, 0.2) is 30.3 Å². The first-order valence-corrected chi connectivity index (χ1v) is 13.8. The van der Waals surface area contributed by atoms with E-state index in [0.29, 0.717) is 55.9 Å². The van der Waals surface area contributed by atoms with E-state index in [4.69, 9.17) is 9.47 Å². The molecule has 2 saturated heterocycles. The van der Waals surface area contributed by atoms with E-state index < -0.39 is 9.84 Å². The van der Waals surface area contributed by atoms with Crippen molar-refractivity contribution < 1.29 is 22.7 Å². The summed E-state index contributed by atoms with van der Waals surface area (Å²) in [6.07, 6.45) is 1.19. The largest absolute Gasteiger partial charge is 0.379 e. The van der Waals surface area contributed by atoms with Gasteiger partial charge in [0.25, 0.3) is 0 Å². The van der Waals surface area contributed by atoms with Crippen molar-refractivity contribution in [3.05, 3.63) is 36.0 Å². The second-order valence-electron chi connectivity index (χ2n) is 8.62. The van der Waals surface area contributed by atoms with Gasteiger partial charge in [-0.15, -0.1) is 0 Å². The lowest BCUT2D eigenvalue weighted by molar-refractivity contribution is 0.0388. The third kappa shape index (κ3) is 7.85. The van der Waals surface area contributed by atoms with Crippen LogP contribution in [0.4, 0.5) is 16.3 Å². The molecule has 1 aromatic heterocycles. The number of nitrogens with zero attached hydrogens (tertiary/aromatic N) is 4. The van der Waals surface area contributed by atoms with Gasteiger partial charge in [0.15, 0.2) is 15.7 Å². The number of urea groups is 1. The molecule has 2 aliphatic rings. The summed E-state index contributed by atoms with van der Waals surface area (Å²) in [6, 6.07) is 8.63. The van der Waals surface area contributed by atoms with Crippen LogP contribution in [0.25, 0.3) is 11.4 Å². The molecule has 4 rings (SSSR count). The Bertz CT molecular complexity index is 1100. The van der Waals surface area contributed by atoms with Gasteiger partial charge in [0.1, 0.15) is 5.82 Å². The van der Waals surface area contributed by atoms with Crippen molar-refractivity contribution in [3.8, 4) is 11.4 Å². The first-order valence-electron chi connectivity index (χ1n) is 11.7. The number of sulfone groups is 1. The lowest BCUT2D eigenvalue weighted by Gasteiger charge is -2.28. The molecule has 2 N–H and O–H groups in total. The van der Waals surface area contributed by atoms with Crippen LogP contribution in [-0.2, 0) is 25.1 Å². The zero-order valence-electron chi connectivity index (χ0n) is 19.9. The van der Waals surface area contributed by atoms with Crippen molar-refractivity contribution >= 4 is 27.4 Å². The Hall–Kier alpha value is -2.80. The number of hydrogen-bond donors (Lipinski definition) is 2. The molecular weight excluding hydrogens is 472 g/mol. The molecule has 0 atom stereocenters. The fourth-order valence-corrected chi connectivity index (χ4v) is 4.62. The number of ether oxygens (including phenoxy) is 2. The van der Waals surface area contributed by atoms with Crippen molar-refractivity contribution in [2.45, 2.75) is 5.75 Å². The SMILES string of the molecule is CS(=O)(=O)Cc1cc(N2CCOCC2)nc(-c2ccc(NC(=O)NCCN3CCOCC3)cc2)n1. The van der Waals surface area contributed by atoms with Crippen LogP contribution in [0.1, 0.15) is 5.69 Å². The Labute approximate surface area is 205 Å². The normalized spacial score (nSPS) is 17.2. The molecule has 2 aromatic rings. The molecule has 0 spiro atoms. The molecule has 190 valence electrons. The number of benzene rings is 1. The monoisotopic (exact) mass is 504 g/mol. The van der Waals surface area contributed by atoms with Crippen LogP contribution < -0.4 is 15.5 Å². The number of carbonyl (C=O) groups excluding carboxylic acids is 1. The predicted octanol–water partition coefficient (Wildman–Crippen LogP) is 0.979. The van der Waals surface area contributed by atoms with Gasteiger partial charge < -0.3 is 25.0 Å². The van der Waals surface area contributed by atoms with Crippen molar-refractivity contribution in [1.29, 1.82) is 0 Å². The van der Waals surface area contributed by atoms with E-state index in [9.17, 15) is 13.2 Å². The molecule has 12 heteroatoms. The topological polar surface area (TPSA) is 126 Å². The number of anilines is 2. The number of morpholine rings is 2. The quantitative estimate of drug-likeness (QED) is 0.541. The van der Waals surface area contributed by atoms with Gasteiger partial charge in [0, 0.05) is 62.8 Å². The maximum absolute atomic E-state index is 12.2. The second-order valence-corrected chi connectivity index (χ2v) is 10.8. The summed E-state index contributed by atoms with van der Waals surface area (Å²) in [6.45, 7) is 7.09. The first-order chi connectivity index (χ1) is 16.9. The first kappa shape index (κ1) is 25.3. The molecule has 3 heterocycles. The fraction of sp³-hybridized carbons (Fsp3) is 0.522. The molecule has 2 amide bonds. The van der Waals surface area contributed by atoms with Gasteiger partial charge >= 0.3 is 6.03 Å². The van der Waals surface area contributed by atoms with Crippen molar-refractivity contribution in [1.82, 2.24) is 20.2 Å². The third-order valence-corrected chi connectivity index (χ3v) is 6.55. The predicted molar refractivity (Wildman–Crippen MR) is 133 cm³/mol. The third-order valence-electron chi connectivity index (χ3n) is 5.73. The minimum atomic E-state index is -3.26. The Morgan fingerprint density at radius 3 is 2.31 bits per heavy atom. The van der Waals surface area contributed by atoms with Crippen LogP contribution in [0.3, 0.4) is 0 Å². The minimum Gasteiger partial charge on any atom is -0.379 e. The van der Waals surface area contributed by atoms with Gasteiger partial charge in [-0.2, -0.15) is 0 Å². The van der Waals surface area contributed by atoms with Gasteiger partial charge in [-0.05, 0) is 24.3 Å². The minimum absolute atomic E-state index is 0.163. The number of amides is 2. The van der Waals surface area contributed by atoms with Crippen LogP contribution >= 0.6 is 0 Å². The van der Waals surface area contributed by atoms with E-state index in [1.54, 1.807) is 18.2 Å². The van der Waals surface area contributed by atoms with Crippen molar-refractivity contribution in [2.75, 3.05) is 82.2 Å². The highest BCUT2D eigenvalue weighted by atomic mass is 32.2. The Balaban J connectivity index is 1.41. The molecule has 2 aliphatic heterocycles. The number of nitrogens with one attached hydrogen (secondary N) is 2. The van der Waals surface area contributed by atoms with Gasteiger partial charge in [0.2, 0.25) is 0 Å². The Morgan fingerprint density at radius 2 is 1.66 bits per heavy atom. The number of aromatic nitrogens is 2. The van der Waals surface area contributed by atoms with Crippen molar-refractivity contribution in [3.63, 3.8) is 0 Å². The van der Waals surface area contributed by atoms with E-state index >= 15 is 0 Å². The standard InChI is InChI=1S/C23H32N6O5S/c1-35(31,32)17-20-16-21(29-10-14-34-15-11-29)27-22(25-20)18-2-4-19(5-3-18)26-23(30)24-6-7-28-8-12-33-13-9-28/h2-5,16H,6-15,17H2,1H3,(H2,24,26,30). The average molecular weight is 505 g/mol. The summed E-state index contributed by atoms with van der Waals surface area (Å²) >= 11 is 0. The smallest absolute Gasteiger partial charge is 0.319 e. The highest BCUT2D eigenvalue weighted by Crippen LogP contribution is 2.23. The van der Waals surface area contributed by atoms with E-state index in [1.807, 2.05) is 12.1 Å². The highest BCUT2D eigenvalue weighted by molar-refractivity contribution is 7.89. The number of carbonyl (C=O) groups is 1. The van der Waals surface area contributed by atoms with E-state index in [0.717, 1.165) is 38.4 Å². The van der Waals surface area contributed by atoms with Crippen LogP contribution in [0.2, 0.25) is 0 Å². The molecule has 11 nitrogen and oxygen atoms in total. The molecule has 0 aliphatic carbocycles.